The third kappa shape index (κ3) is 2.36. The number of hydrogen-bond donors (Lipinski definition) is 1. The zero-order chi connectivity index (χ0) is 13.9. The summed E-state index contributed by atoms with van der Waals surface area (Å²) in [5, 5.41) is 12.0. The van der Waals surface area contributed by atoms with Gasteiger partial charge in [-0.1, -0.05) is 60.1 Å². The van der Waals surface area contributed by atoms with Gasteiger partial charge >= 0.3 is 0 Å². The van der Waals surface area contributed by atoms with Crippen LogP contribution in [0.15, 0.2) is 60.7 Å². The fourth-order valence-electron chi connectivity index (χ4n) is 2.19. The SMILES string of the molecule is OCc1cccc(Cl)c1Oc1cccc2ccccc12. The number of rotatable bonds is 3. The maximum atomic E-state index is 9.40. The lowest BCUT2D eigenvalue weighted by Crippen LogP contribution is -1.93. The van der Waals surface area contributed by atoms with E-state index in [0.717, 1.165) is 16.5 Å². The van der Waals surface area contributed by atoms with Gasteiger partial charge < -0.3 is 9.84 Å². The molecule has 0 aromatic heterocycles. The number of ether oxygens (including phenoxy) is 1. The van der Waals surface area contributed by atoms with Crippen molar-refractivity contribution < 1.29 is 9.84 Å². The van der Waals surface area contributed by atoms with E-state index in [1.807, 2.05) is 42.5 Å². The molecule has 0 unspecified atom stereocenters. The maximum Gasteiger partial charge on any atom is 0.151 e. The Labute approximate surface area is 122 Å². The van der Waals surface area contributed by atoms with Gasteiger partial charge in [-0.15, -0.1) is 0 Å². The van der Waals surface area contributed by atoms with Gasteiger partial charge in [-0.2, -0.15) is 0 Å². The molecule has 3 heteroatoms. The van der Waals surface area contributed by atoms with Crippen molar-refractivity contribution in [3.05, 3.63) is 71.2 Å². The standard InChI is InChI=1S/C17H13ClO2/c18-15-9-3-7-13(11-19)17(15)20-16-10-4-6-12-5-1-2-8-14(12)16/h1-10,19H,11H2. The van der Waals surface area contributed by atoms with Crippen molar-refractivity contribution in [2.75, 3.05) is 0 Å². The average molecular weight is 285 g/mol. The monoisotopic (exact) mass is 284 g/mol. The Balaban J connectivity index is 2.10. The molecule has 0 saturated carbocycles. The van der Waals surface area contributed by atoms with Crippen molar-refractivity contribution in [3.63, 3.8) is 0 Å². The molecular formula is C17H13ClO2. The summed E-state index contributed by atoms with van der Waals surface area (Å²) in [4.78, 5) is 0. The lowest BCUT2D eigenvalue weighted by atomic mass is 10.1. The Hall–Kier alpha value is -2.03. The molecule has 0 fully saturated rings. The normalized spacial score (nSPS) is 10.7. The average Bonchev–Trinajstić information content (AvgIpc) is 2.49. The predicted octanol–water partition coefficient (Wildman–Crippen LogP) is 4.78. The number of halogens is 1. The zero-order valence-corrected chi connectivity index (χ0v) is 11.5. The van der Waals surface area contributed by atoms with E-state index in [0.29, 0.717) is 16.3 Å². The van der Waals surface area contributed by atoms with E-state index >= 15 is 0 Å². The van der Waals surface area contributed by atoms with Gasteiger partial charge in [0.2, 0.25) is 0 Å². The molecule has 100 valence electrons. The van der Waals surface area contributed by atoms with E-state index in [2.05, 4.69) is 0 Å². The van der Waals surface area contributed by atoms with E-state index in [4.69, 9.17) is 16.3 Å². The van der Waals surface area contributed by atoms with E-state index in [-0.39, 0.29) is 6.61 Å². The molecule has 3 rings (SSSR count). The summed E-state index contributed by atoms with van der Waals surface area (Å²) >= 11 is 6.17. The van der Waals surface area contributed by atoms with Gasteiger partial charge in [0.05, 0.1) is 11.6 Å². The summed E-state index contributed by atoms with van der Waals surface area (Å²) in [7, 11) is 0. The fourth-order valence-corrected chi connectivity index (χ4v) is 2.42. The van der Waals surface area contributed by atoms with Gasteiger partial charge in [0.25, 0.3) is 0 Å². The first-order valence-electron chi connectivity index (χ1n) is 6.33. The maximum absolute atomic E-state index is 9.40. The van der Waals surface area contributed by atoms with Crippen LogP contribution in [-0.2, 0) is 6.61 Å². The highest BCUT2D eigenvalue weighted by atomic mass is 35.5. The highest BCUT2D eigenvalue weighted by Crippen LogP contribution is 2.36. The minimum Gasteiger partial charge on any atom is -0.455 e. The Morgan fingerprint density at radius 2 is 1.65 bits per heavy atom. The fraction of sp³-hybridized carbons (Fsp3) is 0.0588. The van der Waals surface area contributed by atoms with Crippen LogP contribution in [0.25, 0.3) is 10.8 Å². The van der Waals surface area contributed by atoms with Gasteiger partial charge in [-0.05, 0) is 17.5 Å². The van der Waals surface area contributed by atoms with Crippen LogP contribution in [0.2, 0.25) is 5.02 Å². The van der Waals surface area contributed by atoms with Gasteiger partial charge in [-0.25, -0.2) is 0 Å². The molecule has 0 radical (unpaired) electrons. The summed E-state index contributed by atoms with van der Waals surface area (Å²) in [6.07, 6.45) is 0. The number of aliphatic hydroxyl groups is 1. The molecule has 0 aliphatic heterocycles. The quantitative estimate of drug-likeness (QED) is 0.750. The molecule has 0 aliphatic rings. The molecule has 1 N–H and O–H groups in total. The molecule has 3 aromatic carbocycles. The van der Waals surface area contributed by atoms with Gasteiger partial charge in [0, 0.05) is 10.9 Å². The van der Waals surface area contributed by atoms with Crippen LogP contribution >= 0.6 is 11.6 Å². The number of fused-ring (bicyclic) bond motifs is 1. The van der Waals surface area contributed by atoms with E-state index < -0.39 is 0 Å². The largest absolute Gasteiger partial charge is 0.455 e. The topological polar surface area (TPSA) is 29.5 Å². The van der Waals surface area contributed by atoms with Crippen molar-refractivity contribution in [2.24, 2.45) is 0 Å². The Morgan fingerprint density at radius 3 is 2.50 bits per heavy atom. The lowest BCUT2D eigenvalue weighted by Gasteiger charge is -2.13. The summed E-state index contributed by atoms with van der Waals surface area (Å²) in [5.41, 5.74) is 0.672. The van der Waals surface area contributed by atoms with Crippen molar-refractivity contribution in [2.45, 2.75) is 6.61 Å². The minimum atomic E-state index is -0.110. The molecular weight excluding hydrogens is 272 g/mol. The van der Waals surface area contributed by atoms with Crippen molar-refractivity contribution in [3.8, 4) is 11.5 Å². The zero-order valence-electron chi connectivity index (χ0n) is 10.7. The second-order valence-corrected chi connectivity index (χ2v) is 4.87. The first kappa shape index (κ1) is 13.0. The molecule has 20 heavy (non-hydrogen) atoms. The van der Waals surface area contributed by atoms with Crippen LogP contribution in [-0.4, -0.2) is 5.11 Å². The van der Waals surface area contributed by atoms with Crippen LogP contribution in [0.4, 0.5) is 0 Å². The highest BCUT2D eigenvalue weighted by Gasteiger charge is 2.10. The Bertz CT molecular complexity index is 748. The third-order valence-corrected chi connectivity index (χ3v) is 3.48. The van der Waals surface area contributed by atoms with Crippen molar-refractivity contribution in [1.82, 2.24) is 0 Å². The van der Waals surface area contributed by atoms with E-state index in [1.54, 1.807) is 18.2 Å². The molecule has 0 aliphatic carbocycles. The molecule has 0 heterocycles. The van der Waals surface area contributed by atoms with Gasteiger partial charge in [0.1, 0.15) is 5.75 Å². The van der Waals surface area contributed by atoms with Crippen molar-refractivity contribution >= 4 is 22.4 Å². The number of para-hydroxylation sites is 1. The molecule has 0 saturated heterocycles. The van der Waals surface area contributed by atoms with Gasteiger partial charge in [0.15, 0.2) is 5.75 Å². The number of hydrogen-bond acceptors (Lipinski definition) is 2. The smallest absolute Gasteiger partial charge is 0.151 e. The van der Waals surface area contributed by atoms with Crippen LogP contribution in [0.1, 0.15) is 5.56 Å². The van der Waals surface area contributed by atoms with Crippen LogP contribution in [0, 0.1) is 0 Å². The van der Waals surface area contributed by atoms with Crippen LogP contribution in [0.5, 0.6) is 11.5 Å². The second kappa shape index (κ2) is 5.53. The van der Waals surface area contributed by atoms with Crippen molar-refractivity contribution in [1.29, 1.82) is 0 Å². The predicted molar refractivity (Wildman–Crippen MR) is 81.4 cm³/mol. The molecule has 0 atom stereocenters. The number of aliphatic hydroxyl groups excluding tert-OH is 1. The summed E-state index contributed by atoms with van der Waals surface area (Å²) in [6.45, 7) is -0.110. The molecule has 2 nitrogen and oxygen atoms in total. The Kier molecular flexibility index (Phi) is 3.59. The first-order chi connectivity index (χ1) is 9.79. The summed E-state index contributed by atoms with van der Waals surface area (Å²) < 4.78 is 5.95. The Morgan fingerprint density at radius 1 is 0.900 bits per heavy atom. The molecule has 0 bridgehead atoms. The molecule has 3 aromatic rings. The minimum absolute atomic E-state index is 0.110. The second-order valence-electron chi connectivity index (χ2n) is 4.47. The van der Waals surface area contributed by atoms with E-state index in [1.165, 1.54) is 0 Å². The van der Waals surface area contributed by atoms with Gasteiger partial charge in [-0.3, -0.25) is 0 Å². The first-order valence-corrected chi connectivity index (χ1v) is 6.71. The van der Waals surface area contributed by atoms with Crippen LogP contribution in [0.3, 0.4) is 0 Å². The summed E-state index contributed by atoms with van der Waals surface area (Å²) in [5.74, 6) is 1.24. The van der Waals surface area contributed by atoms with Crippen LogP contribution < -0.4 is 4.74 Å². The third-order valence-electron chi connectivity index (χ3n) is 3.18. The molecule has 0 spiro atoms. The molecule has 0 amide bonds. The highest BCUT2D eigenvalue weighted by molar-refractivity contribution is 6.32. The lowest BCUT2D eigenvalue weighted by molar-refractivity contribution is 0.276. The number of benzene rings is 3. The summed E-state index contributed by atoms with van der Waals surface area (Å²) in [6, 6.07) is 19.2. The van der Waals surface area contributed by atoms with E-state index in [9.17, 15) is 5.11 Å².